The number of hydrogen-bond acceptors (Lipinski definition) is 4. The summed E-state index contributed by atoms with van der Waals surface area (Å²) in [6.07, 6.45) is 1.75. The van der Waals surface area contributed by atoms with Crippen LogP contribution in [-0.4, -0.2) is 35.6 Å². The first-order valence-corrected chi connectivity index (χ1v) is 7.25. The van der Waals surface area contributed by atoms with Crippen LogP contribution in [0.5, 0.6) is 0 Å². The van der Waals surface area contributed by atoms with Crippen LogP contribution in [0.1, 0.15) is 12.6 Å². The van der Waals surface area contributed by atoms with Crippen molar-refractivity contribution in [1.82, 2.24) is 15.2 Å². The highest BCUT2D eigenvalue weighted by Gasteiger charge is 2.19. The van der Waals surface area contributed by atoms with Gasteiger partial charge in [-0.2, -0.15) is 0 Å². The third-order valence-electron chi connectivity index (χ3n) is 3.65. The summed E-state index contributed by atoms with van der Waals surface area (Å²) in [4.78, 5) is 6.98. The van der Waals surface area contributed by atoms with Gasteiger partial charge >= 0.3 is 0 Å². The molecule has 2 heterocycles. The summed E-state index contributed by atoms with van der Waals surface area (Å²) in [5, 5.41) is 4.11. The van der Waals surface area contributed by atoms with Crippen LogP contribution in [-0.2, 0) is 6.54 Å². The minimum absolute atomic E-state index is 0.527. The molecule has 20 heavy (non-hydrogen) atoms. The molecule has 2 aromatic rings. The van der Waals surface area contributed by atoms with E-state index in [2.05, 4.69) is 22.1 Å². The minimum Gasteiger partial charge on any atom is -0.444 e. The summed E-state index contributed by atoms with van der Waals surface area (Å²) < 4.78 is 5.57. The normalized spacial score (nSPS) is 20.2. The molecular weight excluding hydrogens is 274 g/mol. The predicted molar refractivity (Wildman–Crippen MR) is 79.7 cm³/mol. The first kappa shape index (κ1) is 13.6. The molecule has 1 atom stereocenters. The average Bonchev–Trinajstić information content (AvgIpc) is 2.91. The summed E-state index contributed by atoms with van der Waals surface area (Å²) >= 11 is 5.89. The Balaban J connectivity index is 1.71. The minimum atomic E-state index is 0.527. The van der Waals surface area contributed by atoms with E-state index in [0.717, 1.165) is 42.5 Å². The largest absolute Gasteiger partial charge is 0.444 e. The third-order valence-corrected chi connectivity index (χ3v) is 3.90. The molecule has 1 saturated heterocycles. The van der Waals surface area contributed by atoms with Crippen LogP contribution in [0.4, 0.5) is 0 Å². The van der Waals surface area contributed by atoms with Crippen LogP contribution in [0, 0.1) is 0 Å². The van der Waals surface area contributed by atoms with E-state index in [0.29, 0.717) is 11.9 Å². The number of piperazine rings is 1. The van der Waals surface area contributed by atoms with Crippen LogP contribution in [0.25, 0.3) is 11.5 Å². The zero-order valence-electron chi connectivity index (χ0n) is 11.5. The Labute approximate surface area is 123 Å². The van der Waals surface area contributed by atoms with E-state index >= 15 is 0 Å². The average molecular weight is 292 g/mol. The maximum Gasteiger partial charge on any atom is 0.226 e. The van der Waals surface area contributed by atoms with Crippen LogP contribution < -0.4 is 5.32 Å². The lowest BCUT2D eigenvalue weighted by molar-refractivity contribution is 0.163. The number of nitrogens with zero attached hydrogens (tertiary/aromatic N) is 2. The highest BCUT2D eigenvalue weighted by atomic mass is 35.5. The van der Waals surface area contributed by atoms with E-state index in [1.165, 1.54) is 0 Å². The van der Waals surface area contributed by atoms with Crippen molar-refractivity contribution < 1.29 is 4.42 Å². The van der Waals surface area contributed by atoms with Crippen molar-refractivity contribution in [2.45, 2.75) is 19.5 Å². The molecule has 0 amide bonds. The van der Waals surface area contributed by atoms with Gasteiger partial charge in [0.2, 0.25) is 5.89 Å². The molecule has 0 unspecified atom stereocenters. The van der Waals surface area contributed by atoms with Gasteiger partial charge in [-0.3, -0.25) is 4.90 Å². The fraction of sp³-hybridized carbons (Fsp3) is 0.400. The van der Waals surface area contributed by atoms with Crippen molar-refractivity contribution in [3.8, 4) is 11.5 Å². The fourth-order valence-corrected chi connectivity index (χ4v) is 2.56. The zero-order valence-corrected chi connectivity index (χ0v) is 12.2. The summed E-state index contributed by atoms with van der Waals surface area (Å²) in [7, 11) is 0. The van der Waals surface area contributed by atoms with Crippen molar-refractivity contribution in [3.05, 3.63) is 41.2 Å². The monoisotopic (exact) mass is 291 g/mol. The van der Waals surface area contributed by atoms with Crippen molar-refractivity contribution in [2.24, 2.45) is 0 Å². The smallest absolute Gasteiger partial charge is 0.226 e. The van der Waals surface area contributed by atoms with Crippen LogP contribution in [0.2, 0.25) is 5.02 Å². The summed E-state index contributed by atoms with van der Waals surface area (Å²) in [6, 6.07) is 8.06. The Morgan fingerprint density at radius 1 is 1.40 bits per heavy atom. The molecule has 0 radical (unpaired) electrons. The lowest BCUT2D eigenvalue weighted by Gasteiger charge is -2.33. The number of benzene rings is 1. The second-order valence-corrected chi connectivity index (χ2v) is 5.61. The van der Waals surface area contributed by atoms with Crippen molar-refractivity contribution in [3.63, 3.8) is 0 Å². The molecule has 0 saturated carbocycles. The van der Waals surface area contributed by atoms with Crippen LogP contribution >= 0.6 is 11.6 Å². The van der Waals surface area contributed by atoms with Gasteiger partial charge in [0.15, 0.2) is 0 Å². The molecule has 1 aromatic heterocycles. The van der Waals surface area contributed by atoms with Crippen LogP contribution in [0.3, 0.4) is 0 Å². The SMILES string of the molecule is C[C@H]1CNCCN1Cc1coc(-c2ccc(Cl)cc2)n1. The van der Waals surface area contributed by atoms with Gasteiger partial charge in [0.25, 0.3) is 0 Å². The highest BCUT2D eigenvalue weighted by molar-refractivity contribution is 6.30. The second-order valence-electron chi connectivity index (χ2n) is 5.17. The van der Waals surface area contributed by atoms with E-state index < -0.39 is 0 Å². The van der Waals surface area contributed by atoms with Crippen LogP contribution in [0.15, 0.2) is 34.9 Å². The molecule has 1 fully saturated rings. The maximum atomic E-state index is 5.89. The molecule has 0 spiro atoms. The van der Waals surface area contributed by atoms with Crippen molar-refractivity contribution >= 4 is 11.6 Å². The first-order chi connectivity index (χ1) is 9.72. The lowest BCUT2D eigenvalue weighted by Crippen LogP contribution is -2.49. The van der Waals surface area contributed by atoms with Gasteiger partial charge in [-0.25, -0.2) is 4.98 Å². The number of oxazole rings is 1. The first-order valence-electron chi connectivity index (χ1n) is 6.87. The number of hydrogen-bond donors (Lipinski definition) is 1. The van der Waals surface area contributed by atoms with E-state index in [1.807, 2.05) is 24.3 Å². The molecular formula is C15H18ClN3O. The van der Waals surface area contributed by atoms with Gasteiger partial charge in [-0.05, 0) is 31.2 Å². The second kappa shape index (κ2) is 5.95. The Bertz CT molecular complexity index is 567. The molecule has 4 nitrogen and oxygen atoms in total. The fourth-order valence-electron chi connectivity index (χ4n) is 2.43. The molecule has 106 valence electrons. The summed E-state index contributed by atoms with van der Waals surface area (Å²) in [6.45, 7) is 6.17. The standard InChI is InChI=1S/C15H18ClN3O/c1-11-8-17-6-7-19(11)9-14-10-20-15(18-14)12-2-4-13(16)5-3-12/h2-5,10-11,17H,6-9H2,1H3/t11-/m0/s1. The van der Waals surface area contributed by atoms with E-state index in [-0.39, 0.29) is 0 Å². The molecule has 1 aromatic carbocycles. The van der Waals surface area contributed by atoms with E-state index in [1.54, 1.807) is 6.26 Å². The Kier molecular flexibility index (Phi) is 4.05. The maximum absolute atomic E-state index is 5.89. The molecule has 0 aliphatic carbocycles. The molecule has 5 heteroatoms. The third kappa shape index (κ3) is 3.03. The Morgan fingerprint density at radius 2 is 2.20 bits per heavy atom. The lowest BCUT2D eigenvalue weighted by atomic mass is 10.2. The van der Waals surface area contributed by atoms with Crippen molar-refractivity contribution in [2.75, 3.05) is 19.6 Å². The van der Waals surface area contributed by atoms with Crippen molar-refractivity contribution in [1.29, 1.82) is 0 Å². The predicted octanol–water partition coefficient (Wildman–Crippen LogP) is 2.79. The highest BCUT2D eigenvalue weighted by Crippen LogP contribution is 2.21. The number of halogens is 1. The molecule has 1 aliphatic heterocycles. The zero-order chi connectivity index (χ0) is 13.9. The summed E-state index contributed by atoms with van der Waals surface area (Å²) in [5.74, 6) is 0.652. The quantitative estimate of drug-likeness (QED) is 0.944. The van der Waals surface area contributed by atoms with Gasteiger partial charge in [-0.1, -0.05) is 11.6 Å². The van der Waals surface area contributed by atoms with Gasteiger partial charge < -0.3 is 9.73 Å². The number of rotatable bonds is 3. The topological polar surface area (TPSA) is 41.3 Å². The van der Waals surface area contributed by atoms with Gasteiger partial charge in [-0.15, -0.1) is 0 Å². The Morgan fingerprint density at radius 3 is 2.95 bits per heavy atom. The number of aromatic nitrogens is 1. The molecule has 1 aliphatic rings. The van der Waals surface area contributed by atoms with E-state index in [9.17, 15) is 0 Å². The Hall–Kier alpha value is -1.36. The van der Waals surface area contributed by atoms with Gasteiger partial charge in [0.1, 0.15) is 6.26 Å². The molecule has 0 bridgehead atoms. The van der Waals surface area contributed by atoms with Gasteiger partial charge in [0.05, 0.1) is 5.69 Å². The van der Waals surface area contributed by atoms with Gasteiger partial charge in [0, 0.05) is 42.8 Å². The number of nitrogens with one attached hydrogen (secondary N) is 1. The molecule has 1 N–H and O–H groups in total. The summed E-state index contributed by atoms with van der Waals surface area (Å²) in [5.41, 5.74) is 1.93. The van der Waals surface area contributed by atoms with E-state index in [4.69, 9.17) is 16.0 Å². The molecule has 3 rings (SSSR count).